The largest absolute Gasteiger partial charge is 1.00 e. The fourth-order valence-electron chi connectivity index (χ4n) is 0.694. The molecule has 0 rings (SSSR count). The third-order valence-electron chi connectivity index (χ3n) is 1.43. The number of aliphatic hydroxyl groups excluding tert-OH is 1. The third kappa shape index (κ3) is 9.73. The summed E-state index contributed by atoms with van der Waals surface area (Å²) in [5.41, 5.74) is -3.60. The predicted molar refractivity (Wildman–Crippen MR) is 31.0 cm³/mol. The molecular weight excluding hydrogens is 317 g/mol. The van der Waals surface area contributed by atoms with Gasteiger partial charge in [-0.25, -0.2) is 0 Å². The molecule has 0 heterocycles. The molecule has 0 bridgehead atoms. The topological polar surface area (TPSA) is 161 Å². The molecule has 11 heteroatoms. The van der Waals surface area contributed by atoms with Crippen molar-refractivity contribution >= 4 is 17.9 Å². The Morgan fingerprint density at radius 1 is 1.12 bits per heavy atom. The Kier molecular flexibility index (Phi) is 21.6. The zero-order valence-corrected chi connectivity index (χ0v) is 19.0. The summed E-state index contributed by atoms with van der Waals surface area (Å²) in [6.07, 6.45) is -4.63. The minimum absolute atomic E-state index is 0. The zero-order chi connectivity index (χ0) is 11.5. The molecule has 0 radical (unpaired) electrons. The second-order valence-electron chi connectivity index (χ2n) is 2.46. The Labute approximate surface area is 224 Å². The molecule has 0 saturated heterocycles. The van der Waals surface area contributed by atoms with E-state index >= 15 is 0 Å². The molecule has 17 heavy (non-hydrogen) atoms. The van der Waals surface area contributed by atoms with E-state index in [-0.39, 0.29) is 154 Å². The Morgan fingerprint density at radius 3 is 1.65 bits per heavy atom. The quantitative estimate of drug-likeness (QED) is 0.471. The van der Waals surface area contributed by atoms with Gasteiger partial charge in [0.15, 0.2) is 0 Å². The Balaban J connectivity index is -0.000000282. The van der Waals surface area contributed by atoms with Crippen LogP contribution in [0.1, 0.15) is 6.42 Å². The summed E-state index contributed by atoms with van der Waals surface area (Å²) in [7, 11) is 0. The first-order valence-electron chi connectivity index (χ1n) is 3.24. The van der Waals surface area contributed by atoms with Gasteiger partial charge in [-0.2, -0.15) is 0 Å². The zero-order valence-electron chi connectivity index (χ0n) is 9.63. The number of carbonyl (C=O) groups excluding carboxylic acids is 2. The Morgan fingerprint density at radius 2 is 1.47 bits per heavy atom. The number of aliphatic hydroxyl groups is 1. The molecule has 0 spiro atoms. The number of rotatable bonds is 5. The van der Waals surface area contributed by atoms with E-state index in [1.807, 2.05) is 0 Å². The summed E-state index contributed by atoms with van der Waals surface area (Å²) in [6, 6.07) is 0. The first-order chi connectivity index (χ1) is 6.21. The van der Waals surface area contributed by atoms with Crippen LogP contribution < -0.4 is 169 Å². The van der Waals surface area contributed by atoms with Gasteiger partial charge in [0, 0.05) is 11.6 Å². The van der Waals surface area contributed by atoms with E-state index in [0.29, 0.717) is 0 Å². The maximum atomic E-state index is 11.1. The minimum atomic E-state index is -3.60. The average Bonchev–Trinajstić information content (AvgIpc) is 2.00. The smallest absolute Gasteiger partial charge is 0.839 e. The van der Waals surface area contributed by atoms with Crippen molar-refractivity contribution in [3.05, 3.63) is 0 Å². The van der Waals surface area contributed by atoms with Crippen LogP contribution in [0.15, 0.2) is 0 Å². The van der Waals surface area contributed by atoms with Gasteiger partial charge in [-0.05, 0) is 6.42 Å². The van der Waals surface area contributed by atoms with Gasteiger partial charge >= 0.3 is 154 Å². The average molecular weight is 322 g/mol. The molecule has 2 N–H and O–H groups in total. The summed E-state index contributed by atoms with van der Waals surface area (Å²) in [5.74, 6) is -6.75. The van der Waals surface area contributed by atoms with Crippen molar-refractivity contribution in [3.63, 3.8) is 0 Å². The molecule has 2 atom stereocenters. The normalized spacial score (nSPS) is 13.8. The fourth-order valence-corrected chi connectivity index (χ4v) is 0.694. The SMILES string of the molecule is O=C([O-])CC([O-])(C(=O)O)C(O)C(=O)[O-].[K+].[K+].[K+]. The van der Waals surface area contributed by atoms with Gasteiger partial charge in [0.2, 0.25) is 0 Å². The first kappa shape index (κ1) is 28.4. The number of carbonyl (C=O) groups is 3. The second-order valence-corrected chi connectivity index (χ2v) is 2.46. The van der Waals surface area contributed by atoms with E-state index in [0.717, 1.165) is 0 Å². The number of aliphatic carboxylic acids is 3. The second kappa shape index (κ2) is 12.9. The van der Waals surface area contributed by atoms with Crippen LogP contribution in [0.4, 0.5) is 0 Å². The Bertz CT molecular complexity index is 282. The van der Waals surface area contributed by atoms with Gasteiger partial charge < -0.3 is 35.1 Å². The van der Waals surface area contributed by atoms with Crippen molar-refractivity contribution in [3.8, 4) is 0 Å². The van der Waals surface area contributed by atoms with Gasteiger partial charge in [0.1, 0.15) is 0 Å². The molecule has 0 aliphatic carbocycles. The number of hydrogen-bond acceptors (Lipinski definition) is 7. The van der Waals surface area contributed by atoms with Gasteiger partial charge in [-0.3, -0.25) is 4.79 Å². The van der Waals surface area contributed by atoms with Crippen molar-refractivity contribution in [2.75, 3.05) is 0 Å². The molecule has 0 aromatic rings. The summed E-state index contributed by atoms with van der Waals surface area (Å²) in [5, 5.41) is 47.9. The molecule has 0 amide bonds. The molecule has 8 nitrogen and oxygen atoms in total. The molecule has 0 aromatic carbocycles. The van der Waals surface area contributed by atoms with Crippen molar-refractivity contribution in [1.82, 2.24) is 0 Å². The van der Waals surface area contributed by atoms with Crippen LogP contribution in [0.2, 0.25) is 0 Å². The van der Waals surface area contributed by atoms with Crippen molar-refractivity contribution in [2.24, 2.45) is 0 Å². The summed E-state index contributed by atoms with van der Waals surface area (Å²) < 4.78 is 0. The molecule has 80 valence electrons. The van der Waals surface area contributed by atoms with Gasteiger partial charge in [0.25, 0.3) is 5.97 Å². The monoisotopic (exact) mass is 322 g/mol. The molecule has 0 saturated carbocycles. The number of hydrogen-bond donors (Lipinski definition) is 2. The van der Waals surface area contributed by atoms with E-state index in [4.69, 9.17) is 10.2 Å². The van der Waals surface area contributed by atoms with E-state index in [1.165, 1.54) is 0 Å². The maximum Gasteiger partial charge on any atom is 1.00 e. The molecule has 0 aliphatic rings. The molecule has 2 unspecified atom stereocenters. The standard InChI is InChI=1S/C6H7O8.3K/c7-2(8)1-6(14,5(12)13)3(9)4(10)11;;;/h3,9H,1H2,(H,7,8)(H,10,11)(H,12,13);;;/q-1;3*+1/p-2. The van der Waals surface area contributed by atoms with Crippen molar-refractivity contribution in [1.29, 1.82) is 0 Å². The van der Waals surface area contributed by atoms with E-state index in [9.17, 15) is 29.7 Å². The first-order valence-corrected chi connectivity index (χ1v) is 3.24. The predicted octanol–water partition coefficient (Wildman–Crippen LogP) is -14.6. The van der Waals surface area contributed by atoms with Crippen LogP contribution in [0.5, 0.6) is 0 Å². The molecule has 0 aliphatic heterocycles. The number of carboxylic acids is 3. The van der Waals surface area contributed by atoms with Gasteiger partial charge in [0.05, 0.1) is 12.1 Å². The Hall–Kier alpha value is 3.24. The number of carboxylic acid groups (broad SMARTS) is 3. The maximum absolute atomic E-state index is 11.1. The van der Waals surface area contributed by atoms with E-state index in [2.05, 4.69) is 0 Å². The minimum Gasteiger partial charge on any atom is -0.839 e. The molecule has 0 fully saturated rings. The van der Waals surface area contributed by atoms with Gasteiger partial charge in [-0.15, -0.1) is 0 Å². The summed E-state index contributed by atoms with van der Waals surface area (Å²) >= 11 is 0. The fraction of sp³-hybridized carbons (Fsp3) is 0.500. The van der Waals surface area contributed by atoms with Crippen LogP contribution in [-0.4, -0.2) is 39.8 Å². The van der Waals surface area contributed by atoms with E-state index in [1.54, 1.807) is 0 Å². The summed E-state index contributed by atoms with van der Waals surface area (Å²) in [4.78, 5) is 30.2. The van der Waals surface area contributed by atoms with Crippen LogP contribution in [-0.2, 0) is 14.4 Å². The van der Waals surface area contributed by atoms with Gasteiger partial charge in [-0.1, -0.05) is 0 Å². The van der Waals surface area contributed by atoms with Crippen LogP contribution >= 0.6 is 0 Å². The van der Waals surface area contributed by atoms with Crippen molar-refractivity contribution in [2.45, 2.75) is 18.1 Å². The molecule has 0 aromatic heterocycles. The van der Waals surface area contributed by atoms with Crippen LogP contribution in [0, 0.1) is 0 Å². The molecular formula is C6H5K3O8. The summed E-state index contributed by atoms with van der Waals surface area (Å²) in [6.45, 7) is 0. The van der Waals surface area contributed by atoms with Crippen LogP contribution in [0.3, 0.4) is 0 Å². The van der Waals surface area contributed by atoms with Crippen LogP contribution in [0.25, 0.3) is 0 Å². The third-order valence-corrected chi connectivity index (χ3v) is 1.43. The van der Waals surface area contributed by atoms with Crippen molar-refractivity contribution < 1.29 is 194 Å². The van der Waals surface area contributed by atoms with E-state index < -0.39 is 36.0 Å².